The zero-order chi connectivity index (χ0) is 12.6. The lowest BCUT2D eigenvalue weighted by atomic mass is 9.96. The Kier molecular flexibility index (Phi) is 3.23. The van der Waals surface area contributed by atoms with Crippen molar-refractivity contribution in [3.05, 3.63) is 34.1 Å². The zero-order valence-corrected chi connectivity index (χ0v) is 10.6. The third-order valence-corrected chi connectivity index (χ3v) is 3.89. The molecule has 0 bridgehead atoms. The molecule has 2 atom stereocenters. The molecule has 0 radical (unpaired) electrons. The lowest BCUT2D eigenvalue weighted by molar-refractivity contribution is -0.144. The minimum Gasteiger partial charge on any atom is -0.481 e. The van der Waals surface area contributed by atoms with Crippen molar-refractivity contribution < 1.29 is 19.4 Å². The first-order chi connectivity index (χ1) is 8.01. The molecule has 5 heteroatoms. The van der Waals surface area contributed by atoms with Crippen LogP contribution in [0.4, 0.5) is 4.39 Å². The summed E-state index contributed by atoms with van der Waals surface area (Å²) in [7, 11) is 0. The average Bonchev–Trinajstić information content (AvgIpc) is 2.94. The molecule has 92 valence electrons. The van der Waals surface area contributed by atoms with Crippen LogP contribution in [0, 0.1) is 11.2 Å². The number of aliphatic carboxylic acids is 1. The SMILES string of the molecule is O=C(O)[C@]1(CCO)C[C@H]1c1ccc(Br)cc1F. The van der Waals surface area contributed by atoms with Gasteiger partial charge in [0.2, 0.25) is 0 Å². The molecule has 2 N–H and O–H groups in total. The van der Waals surface area contributed by atoms with E-state index in [1.54, 1.807) is 12.1 Å². The number of aliphatic hydroxyl groups excluding tert-OH is 1. The molecule has 0 unspecified atom stereocenters. The highest BCUT2D eigenvalue weighted by atomic mass is 79.9. The van der Waals surface area contributed by atoms with E-state index in [1.165, 1.54) is 6.07 Å². The predicted octanol–water partition coefficient (Wildman–Crippen LogP) is 2.53. The van der Waals surface area contributed by atoms with Crippen LogP contribution in [0.1, 0.15) is 24.3 Å². The predicted molar refractivity (Wildman–Crippen MR) is 63.2 cm³/mol. The van der Waals surface area contributed by atoms with Crippen LogP contribution in [-0.2, 0) is 4.79 Å². The number of aliphatic hydroxyl groups is 1. The van der Waals surface area contributed by atoms with E-state index in [0.717, 1.165) is 0 Å². The lowest BCUT2D eigenvalue weighted by Gasteiger charge is -2.11. The van der Waals surface area contributed by atoms with Gasteiger partial charge >= 0.3 is 5.97 Å². The second-order valence-corrected chi connectivity index (χ2v) is 5.27. The van der Waals surface area contributed by atoms with Gasteiger partial charge in [-0.2, -0.15) is 0 Å². The Labute approximate surface area is 106 Å². The van der Waals surface area contributed by atoms with Gasteiger partial charge in [0.05, 0.1) is 5.41 Å². The third-order valence-electron chi connectivity index (χ3n) is 3.40. The number of carboxylic acids is 1. The summed E-state index contributed by atoms with van der Waals surface area (Å²) in [6.45, 7) is -0.194. The van der Waals surface area contributed by atoms with Crippen molar-refractivity contribution in [1.82, 2.24) is 0 Å². The number of carboxylic acid groups (broad SMARTS) is 1. The highest BCUT2D eigenvalue weighted by Crippen LogP contribution is 2.62. The molecule has 17 heavy (non-hydrogen) atoms. The van der Waals surface area contributed by atoms with Gasteiger partial charge in [-0.25, -0.2) is 4.39 Å². The molecule has 1 aliphatic rings. The van der Waals surface area contributed by atoms with Gasteiger partial charge in [0.1, 0.15) is 5.82 Å². The van der Waals surface area contributed by atoms with E-state index in [4.69, 9.17) is 10.2 Å². The number of benzene rings is 1. The minimum atomic E-state index is -0.983. The molecule has 1 aromatic carbocycles. The summed E-state index contributed by atoms with van der Waals surface area (Å²) < 4.78 is 14.3. The van der Waals surface area contributed by atoms with E-state index in [0.29, 0.717) is 16.5 Å². The molecule has 0 aliphatic heterocycles. The van der Waals surface area contributed by atoms with Crippen LogP contribution in [0.25, 0.3) is 0 Å². The second-order valence-electron chi connectivity index (χ2n) is 4.36. The monoisotopic (exact) mass is 302 g/mol. The molecule has 1 aromatic rings. The van der Waals surface area contributed by atoms with Crippen LogP contribution < -0.4 is 0 Å². The summed E-state index contributed by atoms with van der Waals surface area (Å²) in [5.41, 5.74) is -0.562. The van der Waals surface area contributed by atoms with Crippen molar-refractivity contribution in [2.75, 3.05) is 6.61 Å². The maximum Gasteiger partial charge on any atom is 0.310 e. The van der Waals surface area contributed by atoms with E-state index in [9.17, 15) is 9.18 Å². The standard InChI is InChI=1S/C12H12BrFO3/c13-7-1-2-8(10(14)5-7)9-6-12(9,3-4-15)11(16)17/h1-2,5,9,15H,3-4,6H2,(H,16,17)/t9-,12+/m0/s1. The number of hydrogen-bond donors (Lipinski definition) is 2. The van der Waals surface area contributed by atoms with Gasteiger partial charge in [-0.05, 0) is 30.5 Å². The highest BCUT2D eigenvalue weighted by Gasteiger charge is 2.60. The topological polar surface area (TPSA) is 57.5 Å². The summed E-state index contributed by atoms with van der Waals surface area (Å²) in [4.78, 5) is 11.2. The van der Waals surface area contributed by atoms with Crippen LogP contribution in [-0.4, -0.2) is 22.8 Å². The molecule has 0 aromatic heterocycles. The van der Waals surface area contributed by atoms with Crippen molar-refractivity contribution in [1.29, 1.82) is 0 Å². The number of hydrogen-bond acceptors (Lipinski definition) is 2. The lowest BCUT2D eigenvalue weighted by Crippen LogP contribution is -2.19. The fourth-order valence-electron chi connectivity index (χ4n) is 2.32. The molecule has 0 amide bonds. The molecule has 1 saturated carbocycles. The first-order valence-corrected chi connectivity index (χ1v) is 6.10. The molecule has 0 spiro atoms. The fraction of sp³-hybridized carbons (Fsp3) is 0.417. The summed E-state index contributed by atoms with van der Waals surface area (Å²) in [5.74, 6) is -1.69. The molecule has 1 fully saturated rings. The Morgan fingerprint density at radius 1 is 1.59 bits per heavy atom. The van der Waals surface area contributed by atoms with E-state index < -0.39 is 17.2 Å². The number of rotatable bonds is 4. The largest absolute Gasteiger partial charge is 0.481 e. The second kappa shape index (κ2) is 4.38. The van der Waals surface area contributed by atoms with Gasteiger partial charge in [0, 0.05) is 17.0 Å². The van der Waals surface area contributed by atoms with Gasteiger partial charge in [-0.15, -0.1) is 0 Å². The Morgan fingerprint density at radius 3 is 2.82 bits per heavy atom. The van der Waals surface area contributed by atoms with Crippen molar-refractivity contribution in [3.8, 4) is 0 Å². The average molecular weight is 303 g/mol. The Morgan fingerprint density at radius 2 is 2.29 bits per heavy atom. The maximum atomic E-state index is 13.7. The molecule has 0 heterocycles. The van der Waals surface area contributed by atoms with Crippen molar-refractivity contribution in [2.45, 2.75) is 18.8 Å². The summed E-state index contributed by atoms with van der Waals surface area (Å²) in [6.07, 6.45) is 0.559. The van der Waals surface area contributed by atoms with Crippen LogP contribution >= 0.6 is 15.9 Å². The van der Waals surface area contributed by atoms with Gasteiger partial charge < -0.3 is 10.2 Å². The van der Waals surface area contributed by atoms with E-state index >= 15 is 0 Å². The summed E-state index contributed by atoms with van der Waals surface area (Å²) in [5, 5.41) is 18.1. The quantitative estimate of drug-likeness (QED) is 0.898. The summed E-state index contributed by atoms with van der Waals surface area (Å²) >= 11 is 3.16. The number of halogens is 2. The van der Waals surface area contributed by atoms with Crippen LogP contribution in [0.3, 0.4) is 0 Å². The van der Waals surface area contributed by atoms with Crippen LogP contribution in [0.2, 0.25) is 0 Å². The number of carbonyl (C=O) groups is 1. The molecule has 3 nitrogen and oxygen atoms in total. The Bertz CT molecular complexity index is 463. The van der Waals surface area contributed by atoms with Gasteiger partial charge in [-0.3, -0.25) is 4.79 Å². The molecular weight excluding hydrogens is 291 g/mol. The molecular formula is C12H12BrFO3. The normalized spacial score (nSPS) is 26.9. The molecule has 0 saturated heterocycles. The van der Waals surface area contributed by atoms with Crippen molar-refractivity contribution >= 4 is 21.9 Å². The van der Waals surface area contributed by atoms with E-state index in [2.05, 4.69) is 15.9 Å². The van der Waals surface area contributed by atoms with E-state index in [-0.39, 0.29) is 18.9 Å². The van der Waals surface area contributed by atoms with Crippen LogP contribution in [0.5, 0.6) is 0 Å². The van der Waals surface area contributed by atoms with Crippen molar-refractivity contribution in [2.24, 2.45) is 5.41 Å². The molecule has 2 rings (SSSR count). The first kappa shape index (κ1) is 12.5. The van der Waals surface area contributed by atoms with Gasteiger partial charge in [-0.1, -0.05) is 22.0 Å². The molecule has 1 aliphatic carbocycles. The first-order valence-electron chi connectivity index (χ1n) is 5.30. The van der Waals surface area contributed by atoms with E-state index in [1.807, 2.05) is 0 Å². The van der Waals surface area contributed by atoms with Crippen LogP contribution in [0.15, 0.2) is 22.7 Å². The third kappa shape index (κ3) is 2.09. The smallest absolute Gasteiger partial charge is 0.310 e. The highest BCUT2D eigenvalue weighted by molar-refractivity contribution is 9.10. The van der Waals surface area contributed by atoms with Gasteiger partial charge in [0.15, 0.2) is 0 Å². The van der Waals surface area contributed by atoms with Crippen molar-refractivity contribution in [3.63, 3.8) is 0 Å². The zero-order valence-electron chi connectivity index (χ0n) is 8.99. The minimum absolute atomic E-state index is 0.169. The maximum absolute atomic E-state index is 13.7. The Balaban J connectivity index is 2.29. The summed E-state index contributed by atoms with van der Waals surface area (Å²) in [6, 6.07) is 4.63. The Hall–Kier alpha value is -0.940. The fourth-order valence-corrected chi connectivity index (χ4v) is 2.65. The van der Waals surface area contributed by atoms with Gasteiger partial charge in [0.25, 0.3) is 0 Å².